The molecule has 0 radical (unpaired) electrons. The van der Waals surface area contributed by atoms with Gasteiger partial charge in [-0.25, -0.2) is 4.98 Å². The molecule has 0 aromatic carbocycles. The molecule has 1 aliphatic carbocycles. The molecule has 0 amide bonds. The van der Waals surface area contributed by atoms with Gasteiger partial charge in [-0.15, -0.1) is 0 Å². The third-order valence-corrected chi connectivity index (χ3v) is 5.34. The van der Waals surface area contributed by atoms with Crippen molar-refractivity contribution in [1.29, 1.82) is 0 Å². The Morgan fingerprint density at radius 2 is 2.16 bits per heavy atom. The molecule has 1 aliphatic rings. The number of nitrogens with one attached hydrogen (secondary N) is 2. The molecule has 2 rings (SSSR count). The molecule has 2 N–H and O–H groups in total. The fraction of sp³-hybridized carbons (Fsp3) is 0.714. The third kappa shape index (κ3) is 3.60. The highest BCUT2D eigenvalue weighted by molar-refractivity contribution is 7.99. The van der Waals surface area contributed by atoms with Crippen LogP contribution in [0.1, 0.15) is 32.4 Å². The van der Waals surface area contributed by atoms with Gasteiger partial charge in [0.05, 0.1) is 0 Å². The molecule has 0 bridgehead atoms. The van der Waals surface area contributed by atoms with Crippen LogP contribution in [0.5, 0.6) is 0 Å². The van der Waals surface area contributed by atoms with Crippen LogP contribution in [-0.4, -0.2) is 28.3 Å². The van der Waals surface area contributed by atoms with E-state index in [0.29, 0.717) is 17.2 Å². The summed E-state index contributed by atoms with van der Waals surface area (Å²) < 4.78 is 0. The fourth-order valence-electron chi connectivity index (χ4n) is 3.05. The Morgan fingerprint density at radius 3 is 2.79 bits per heavy atom. The first-order chi connectivity index (χ1) is 8.99. The summed E-state index contributed by atoms with van der Waals surface area (Å²) in [5.74, 6) is 1.38. The van der Waals surface area contributed by atoms with Crippen LogP contribution >= 0.6 is 11.8 Å². The van der Waals surface area contributed by atoms with Gasteiger partial charge < -0.3 is 10.3 Å². The largest absolute Gasteiger partial charge is 0.316 e. The number of thioether (sulfide) groups is 1. The molecule has 1 fully saturated rings. The Labute approximate surface area is 118 Å². The van der Waals surface area contributed by atoms with Crippen molar-refractivity contribution in [3.8, 4) is 0 Å². The molecule has 4 nitrogen and oxygen atoms in total. The molecule has 0 aliphatic heterocycles. The molecule has 106 valence electrons. The predicted octanol–water partition coefficient (Wildman–Crippen LogP) is 2.19. The molecule has 19 heavy (non-hydrogen) atoms. The highest BCUT2D eigenvalue weighted by Gasteiger charge is 2.34. The first-order valence-corrected chi connectivity index (χ1v) is 7.79. The summed E-state index contributed by atoms with van der Waals surface area (Å²) in [7, 11) is 2.02. The minimum atomic E-state index is -0.0622. The average molecular weight is 281 g/mol. The van der Waals surface area contributed by atoms with E-state index in [0.717, 1.165) is 16.8 Å². The lowest BCUT2D eigenvalue weighted by Gasteiger charge is -2.38. The smallest absolute Gasteiger partial charge is 0.251 e. The molecule has 0 spiro atoms. The number of nitrogens with zero attached hydrogens (tertiary/aromatic N) is 1. The zero-order valence-electron chi connectivity index (χ0n) is 12.1. The summed E-state index contributed by atoms with van der Waals surface area (Å²) in [6, 6.07) is 2.01. The predicted molar refractivity (Wildman–Crippen MR) is 79.6 cm³/mol. The number of aromatic amines is 1. The maximum absolute atomic E-state index is 11.5. The van der Waals surface area contributed by atoms with Crippen LogP contribution in [0.3, 0.4) is 0 Å². The van der Waals surface area contributed by atoms with Crippen molar-refractivity contribution in [2.45, 2.75) is 50.1 Å². The third-order valence-electron chi connectivity index (χ3n) is 3.85. The number of hydrogen-bond acceptors (Lipinski definition) is 4. The van der Waals surface area contributed by atoms with Crippen molar-refractivity contribution in [3.63, 3.8) is 0 Å². The molecule has 1 aromatic rings. The minimum absolute atomic E-state index is 0.0622. The van der Waals surface area contributed by atoms with Crippen LogP contribution in [0, 0.1) is 18.8 Å². The van der Waals surface area contributed by atoms with Gasteiger partial charge in [-0.3, -0.25) is 4.79 Å². The van der Waals surface area contributed by atoms with E-state index >= 15 is 0 Å². The van der Waals surface area contributed by atoms with Crippen molar-refractivity contribution >= 4 is 11.8 Å². The van der Waals surface area contributed by atoms with E-state index in [1.165, 1.54) is 18.9 Å². The topological polar surface area (TPSA) is 57.8 Å². The van der Waals surface area contributed by atoms with Gasteiger partial charge in [0, 0.05) is 23.1 Å². The lowest BCUT2D eigenvalue weighted by molar-refractivity contribution is 0.256. The van der Waals surface area contributed by atoms with Gasteiger partial charge in [0.25, 0.3) is 5.56 Å². The summed E-state index contributed by atoms with van der Waals surface area (Å²) in [6.45, 7) is 6.47. The Morgan fingerprint density at radius 1 is 1.42 bits per heavy atom. The number of aryl methyl sites for hydroxylation is 1. The van der Waals surface area contributed by atoms with Crippen LogP contribution in [0.25, 0.3) is 0 Å². The number of hydrogen-bond donors (Lipinski definition) is 2. The summed E-state index contributed by atoms with van der Waals surface area (Å²) in [5.41, 5.74) is 0.719. The normalized spacial score (nSPS) is 31.4. The molecular formula is C14H23N3OS. The van der Waals surface area contributed by atoms with E-state index in [-0.39, 0.29) is 5.56 Å². The van der Waals surface area contributed by atoms with Crippen LogP contribution < -0.4 is 10.9 Å². The quantitative estimate of drug-likeness (QED) is 0.834. The molecular weight excluding hydrogens is 258 g/mol. The van der Waals surface area contributed by atoms with Crippen molar-refractivity contribution in [2.75, 3.05) is 7.05 Å². The van der Waals surface area contributed by atoms with E-state index in [9.17, 15) is 4.79 Å². The van der Waals surface area contributed by atoms with Crippen molar-refractivity contribution < 1.29 is 0 Å². The lowest BCUT2D eigenvalue weighted by Crippen LogP contribution is -2.45. The lowest BCUT2D eigenvalue weighted by atomic mass is 9.80. The second-order valence-corrected chi connectivity index (χ2v) is 6.89. The Balaban J connectivity index is 2.17. The van der Waals surface area contributed by atoms with E-state index in [4.69, 9.17) is 0 Å². The van der Waals surface area contributed by atoms with Gasteiger partial charge in [-0.2, -0.15) is 0 Å². The SMILES string of the molecule is CNC1CC(C)CC(C)C1Sc1nc(C)cc(=O)[nH]1. The highest BCUT2D eigenvalue weighted by Crippen LogP contribution is 2.38. The zero-order chi connectivity index (χ0) is 14.0. The van der Waals surface area contributed by atoms with Crippen LogP contribution in [0.4, 0.5) is 0 Å². The molecule has 4 atom stereocenters. The molecule has 1 saturated carbocycles. The first-order valence-electron chi connectivity index (χ1n) is 6.91. The molecule has 1 aromatic heterocycles. The zero-order valence-corrected chi connectivity index (χ0v) is 12.9. The number of H-pyrrole nitrogens is 1. The standard InChI is InChI=1S/C14H23N3OS/c1-8-5-9(2)13(11(6-8)15-4)19-14-16-10(3)7-12(18)17-14/h7-9,11,13,15H,5-6H2,1-4H3,(H,16,17,18). The highest BCUT2D eigenvalue weighted by atomic mass is 32.2. The summed E-state index contributed by atoms with van der Waals surface area (Å²) >= 11 is 1.71. The average Bonchev–Trinajstić information content (AvgIpc) is 2.31. The monoisotopic (exact) mass is 281 g/mol. The van der Waals surface area contributed by atoms with Crippen LogP contribution in [-0.2, 0) is 0 Å². The Bertz CT molecular complexity index is 488. The van der Waals surface area contributed by atoms with E-state index < -0.39 is 0 Å². The van der Waals surface area contributed by atoms with Gasteiger partial charge in [-0.1, -0.05) is 25.6 Å². The summed E-state index contributed by atoms with van der Waals surface area (Å²) in [5, 5.41) is 4.63. The molecule has 1 heterocycles. The molecule has 4 unspecified atom stereocenters. The Hall–Kier alpha value is -0.810. The van der Waals surface area contributed by atoms with Gasteiger partial charge in [0.15, 0.2) is 5.16 Å². The summed E-state index contributed by atoms with van der Waals surface area (Å²) in [4.78, 5) is 18.8. The number of rotatable bonds is 3. The first kappa shape index (κ1) is 14.6. The summed E-state index contributed by atoms with van der Waals surface area (Å²) in [6.07, 6.45) is 2.43. The van der Waals surface area contributed by atoms with Gasteiger partial charge >= 0.3 is 0 Å². The van der Waals surface area contributed by atoms with Crippen molar-refractivity contribution in [3.05, 3.63) is 22.1 Å². The number of aromatic nitrogens is 2. The maximum Gasteiger partial charge on any atom is 0.251 e. The Kier molecular flexibility index (Phi) is 4.68. The van der Waals surface area contributed by atoms with Crippen LogP contribution in [0.2, 0.25) is 0 Å². The van der Waals surface area contributed by atoms with Gasteiger partial charge in [-0.05, 0) is 38.6 Å². The molecule has 0 saturated heterocycles. The second kappa shape index (κ2) is 6.09. The second-order valence-electron chi connectivity index (χ2n) is 5.72. The van der Waals surface area contributed by atoms with E-state index in [1.807, 2.05) is 14.0 Å². The van der Waals surface area contributed by atoms with E-state index in [2.05, 4.69) is 29.1 Å². The fourth-order valence-corrected chi connectivity index (χ4v) is 4.41. The van der Waals surface area contributed by atoms with Crippen molar-refractivity contribution in [2.24, 2.45) is 11.8 Å². The maximum atomic E-state index is 11.5. The van der Waals surface area contributed by atoms with E-state index in [1.54, 1.807) is 11.8 Å². The minimum Gasteiger partial charge on any atom is -0.316 e. The van der Waals surface area contributed by atoms with Gasteiger partial charge in [0.1, 0.15) is 0 Å². The molecule has 5 heteroatoms. The van der Waals surface area contributed by atoms with Gasteiger partial charge in [0.2, 0.25) is 0 Å². The van der Waals surface area contributed by atoms with Crippen molar-refractivity contribution in [1.82, 2.24) is 15.3 Å². The van der Waals surface area contributed by atoms with Crippen LogP contribution in [0.15, 0.2) is 16.0 Å².